The molecule has 0 saturated carbocycles. The molecule has 3 aliphatic heterocycles. The molecule has 2 saturated heterocycles. The van der Waals surface area contributed by atoms with Gasteiger partial charge in [-0.3, -0.25) is 4.84 Å². The highest BCUT2D eigenvalue weighted by atomic mass is 16.7. The molecule has 3 heterocycles. The largest absolute Gasteiger partial charge is 0.369 e. The van der Waals surface area contributed by atoms with Crippen LogP contribution in [-0.4, -0.2) is 80.2 Å². The molecule has 1 atom stereocenters. The number of hydrogen-bond acceptors (Lipinski definition) is 6. The van der Waals surface area contributed by atoms with E-state index in [2.05, 4.69) is 53.2 Å². The van der Waals surface area contributed by atoms with Crippen molar-refractivity contribution in [2.45, 2.75) is 12.8 Å². The average molecular weight is 367 g/mol. The molecule has 0 aromatic carbocycles. The lowest BCUT2D eigenvalue weighted by atomic mass is 9.70. The van der Waals surface area contributed by atoms with E-state index >= 15 is 0 Å². The first kappa shape index (κ1) is 18.3. The topological polar surface area (TPSA) is 46.0 Å². The Hall–Kier alpha value is -2.07. The van der Waals surface area contributed by atoms with E-state index in [-0.39, 0.29) is 5.41 Å². The summed E-state index contributed by atoms with van der Waals surface area (Å²) in [7, 11) is 6.12. The lowest BCUT2D eigenvalue weighted by Gasteiger charge is -2.41. The third kappa shape index (κ3) is 3.10. The summed E-state index contributed by atoms with van der Waals surface area (Å²) in [5.74, 6) is 0. The number of hydrogen-bond donors (Lipinski definition) is 0. The summed E-state index contributed by atoms with van der Waals surface area (Å²) >= 11 is 0. The van der Waals surface area contributed by atoms with E-state index in [1.165, 1.54) is 22.5 Å². The molecule has 1 unspecified atom stereocenters. The second-order valence-electron chi connectivity index (χ2n) is 8.13. The summed E-state index contributed by atoms with van der Waals surface area (Å²) in [6.07, 6.45) is 10.0. The maximum Gasteiger partial charge on any atom is 0.0911 e. The minimum Gasteiger partial charge on any atom is -0.369 e. The molecule has 6 heteroatoms. The molecule has 0 aromatic heterocycles. The summed E-state index contributed by atoms with van der Waals surface area (Å²) in [6, 6.07) is 2.24. The van der Waals surface area contributed by atoms with Gasteiger partial charge in [-0.1, -0.05) is 11.6 Å². The number of piperazine rings is 1. The minimum absolute atomic E-state index is 0.117. The van der Waals surface area contributed by atoms with E-state index in [1.807, 2.05) is 5.06 Å². The minimum atomic E-state index is -0.117. The Labute approximate surface area is 162 Å². The molecule has 0 N–H and O–H groups in total. The van der Waals surface area contributed by atoms with Crippen LogP contribution >= 0.6 is 0 Å². The lowest BCUT2D eigenvalue weighted by molar-refractivity contribution is -0.0718. The quantitative estimate of drug-likeness (QED) is 0.695. The van der Waals surface area contributed by atoms with Crippen LogP contribution in [0.5, 0.6) is 0 Å². The molecule has 0 aromatic rings. The Morgan fingerprint density at radius 2 is 1.96 bits per heavy atom. The number of nitrogens with zero attached hydrogens (tertiary/aromatic N) is 5. The number of hydroxylamine groups is 2. The van der Waals surface area contributed by atoms with Crippen molar-refractivity contribution in [2.24, 2.45) is 5.41 Å². The SMILES string of the molecule is CON1C=CC(N2CCN(C)CC2)=C2CN(C)CC23CC(=CC#N)CC=C13. The van der Waals surface area contributed by atoms with Crippen molar-refractivity contribution in [3.05, 3.63) is 47.0 Å². The van der Waals surface area contributed by atoms with Crippen LogP contribution in [0.4, 0.5) is 0 Å². The number of likely N-dealkylation sites (tertiary alicyclic amines) is 1. The number of rotatable bonds is 2. The van der Waals surface area contributed by atoms with Gasteiger partial charge in [0, 0.05) is 57.2 Å². The average Bonchev–Trinajstić information content (AvgIpc) is 2.90. The van der Waals surface area contributed by atoms with E-state index in [1.54, 1.807) is 13.2 Å². The Balaban J connectivity index is 1.84. The fourth-order valence-corrected chi connectivity index (χ4v) is 5.06. The monoisotopic (exact) mass is 367 g/mol. The van der Waals surface area contributed by atoms with Gasteiger partial charge in [-0.2, -0.15) is 5.26 Å². The Bertz CT molecular complexity index is 766. The standard InChI is InChI=1S/C21H29N5O/c1-23-10-12-25(13-11-23)19-7-9-26(27-3)20-5-4-17(6-8-22)14-21(20)16-24(2)15-18(19)21/h5-7,9H,4,10-16H2,1-3H3. The van der Waals surface area contributed by atoms with Gasteiger partial charge in [0.1, 0.15) is 0 Å². The highest BCUT2D eigenvalue weighted by molar-refractivity contribution is 5.47. The molecule has 4 aliphatic rings. The molecular formula is C21H29N5O. The fourth-order valence-electron chi connectivity index (χ4n) is 5.06. The van der Waals surface area contributed by atoms with Crippen molar-refractivity contribution in [3.8, 4) is 6.07 Å². The highest BCUT2D eigenvalue weighted by Gasteiger charge is 2.50. The fraction of sp³-hybridized carbons (Fsp3) is 0.571. The van der Waals surface area contributed by atoms with Crippen LogP contribution < -0.4 is 0 Å². The van der Waals surface area contributed by atoms with Gasteiger partial charge in [-0.05, 0) is 38.6 Å². The van der Waals surface area contributed by atoms with Crippen LogP contribution in [0.2, 0.25) is 0 Å². The molecule has 0 amide bonds. The van der Waals surface area contributed by atoms with E-state index in [4.69, 9.17) is 4.84 Å². The summed E-state index contributed by atoms with van der Waals surface area (Å²) < 4.78 is 0. The van der Waals surface area contributed by atoms with Gasteiger partial charge in [-0.25, -0.2) is 5.06 Å². The van der Waals surface area contributed by atoms with E-state index < -0.39 is 0 Å². The van der Waals surface area contributed by atoms with Crippen molar-refractivity contribution in [1.29, 1.82) is 5.26 Å². The van der Waals surface area contributed by atoms with Crippen molar-refractivity contribution >= 4 is 0 Å². The van der Waals surface area contributed by atoms with Gasteiger partial charge in [0.2, 0.25) is 0 Å². The van der Waals surface area contributed by atoms with Gasteiger partial charge >= 0.3 is 0 Å². The van der Waals surface area contributed by atoms with Crippen LogP contribution in [0.15, 0.2) is 47.0 Å². The number of nitriles is 1. The zero-order chi connectivity index (χ0) is 19.0. The van der Waals surface area contributed by atoms with Crippen LogP contribution in [0, 0.1) is 16.7 Å². The zero-order valence-electron chi connectivity index (χ0n) is 16.6. The first-order chi connectivity index (χ1) is 13.1. The summed E-state index contributed by atoms with van der Waals surface area (Å²) in [5, 5.41) is 11.1. The van der Waals surface area contributed by atoms with Gasteiger partial charge < -0.3 is 14.7 Å². The molecule has 1 aliphatic carbocycles. The summed E-state index contributed by atoms with van der Waals surface area (Å²) in [6.45, 7) is 6.18. The van der Waals surface area contributed by atoms with Crippen LogP contribution in [0.3, 0.4) is 0 Å². The molecule has 144 valence electrons. The normalized spacial score (nSPS) is 30.9. The second-order valence-corrected chi connectivity index (χ2v) is 8.13. The van der Waals surface area contributed by atoms with Gasteiger partial charge in [0.25, 0.3) is 0 Å². The van der Waals surface area contributed by atoms with Gasteiger partial charge in [-0.15, -0.1) is 0 Å². The molecule has 6 nitrogen and oxygen atoms in total. The number of likely N-dealkylation sites (N-methyl/N-ethyl adjacent to an activating group) is 2. The first-order valence-corrected chi connectivity index (χ1v) is 9.73. The van der Waals surface area contributed by atoms with Crippen molar-refractivity contribution < 1.29 is 4.84 Å². The third-order valence-corrected chi connectivity index (χ3v) is 6.35. The predicted molar refractivity (Wildman–Crippen MR) is 105 cm³/mol. The number of allylic oxidation sites excluding steroid dienone is 4. The molecule has 2 fully saturated rings. The van der Waals surface area contributed by atoms with E-state index in [9.17, 15) is 5.26 Å². The van der Waals surface area contributed by atoms with Gasteiger partial charge in [0.05, 0.1) is 24.3 Å². The molecule has 0 radical (unpaired) electrons. The van der Waals surface area contributed by atoms with E-state index in [0.717, 1.165) is 52.1 Å². The maximum absolute atomic E-state index is 9.21. The smallest absolute Gasteiger partial charge is 0.0911 e. The Morgan fingerprint density at radius 1 is 1.19 bits per heavy atom. The summed E-state index contributed by atoms with van der Waals surface area (Å²) in [4.78, 5) is 13.1. The first-order valence-electron chi connectivity index (χ1n) is 9.73. The lowest BCUT2D eigenvalue weighted by Crippen LogP contribution is -2.44. The molecule has 4 rings (SSSR count). The molecular weight excluding hydrogens is 338 g/mol. The highest BCUT2D eigenvalue weighted by Crippen LogP contribution is 2.53. The van der Waals surface area contributed by atoms with Crippen LogP contribution in [0.1, 0.15) is 12.8 Å². The van der Waals surface area contributed by atoms with Crippen molar-refractivity contribution in [1.82, 2.24) is 19.8 Å². The molecule has 0 bridgehead atoms. The van der Waals surface area contributed by atoms with Crippen LogP contribution in [0.25, 0.3) is 0 Å². The van der Waals surface area contributed by atoms with E-state index in [0.29, 0.717) is 0 Å². The van der Waals surface area contributed by atoms with Crippen LogP contribution in [-0.2, 0) is 4.84 Å². The maximum atomic E-state index is 9.21. The molecule has 27 heavy (non-hydrogen) atoms. The van der Waals surface area contributed by atoms with Crippen molar-refractivity contribution in [3.63, 3.8) is 0 Å². The zero-order valence-corrected chi connectivity index (χ0v) is 16.6. The Kier molecular flexibility index (Phi) is 4.85. The second kappa shape index (κ2) is 7.16. The van der Waals surface area contributed by atoms with Crippen molar-refractivity contribution in [2.75, 3.05) is 60.5 Å². The third-order valence-electron chi connectivity index (χ3n) is 6.35. The Morgan fingerprint density at radius 3 is 2.67 bits per heavy atom. The van der Waals surface area contributed by atoms with Gasteiger partial charge in [0.15, 0.2) is 0 Å². The summed E-state index contributed by atoms with van der Waals surface area (Å²) in [5.41, 5.74) is 5.13. The molecule has 1 spiro atoms. The predicted octanol–water partition coefficient (Wildman–Crippen LogP) is 1.94.